The number of phenols is 1. The molecular weight excluding hydrogens is 306 g/mol. The third-order valence-electron chi connectivity index (χ3n) is 3.68. The standard InChI is InChI=1S/C18H17N3O3/c1-11-6-7-14(15(22)10-11)20-17(23)9-8-16-19-13-5-3-2-4-12(13)18(24)21-16/h2-7,10,22H,8-9H2,1H3,(H,20,23)(H,19,21,24). The zero-order chi connectivity index (χ0) is 17.1. The minimum Gasteiger partial charge on any atom is -0.506 e. The Hall–Kier alpha value is -3.15. The van der Waals surface area contributed by atoms with E-state index in [1.54, 1.807) is 36.4 Å². The van der Waals surface area contributed by atoms with E-state index in [2.05, 4.69) is 15.3 Å². The van der Waals surface area contributed by atoms with Crippen LogP contribution < -0.4 is 10.9 Å². The molecule has 3 aromatic rings. The molecule has 6 heteroatoms. The second-order valence-corrected chi connectivity index (χ2v) is 5.60. The van der Waals surface area contributed by atoms with Crippen LogP contribution in [0.3, 0.4) is 0 Å². The second kappa shape index (κ2) is 6.54. The van der Waals surface area contributed by atoms with Gasteiger partial charge in [-0.25, -0.2) is 4.98 Å². The number of nitrogens with zero attached hydrogens (tertiary/aromatic N) is 1. The highest BCUT2D eigenvalue weighted by Crippen LogP contribution is 2.24. The lowest BCUT2D eigenvalue weighted by atomic mass is 10.2. The largest absolute Gasteiger partial charge is 0.506 e. The first-order valence-corrected chi connectivity index (χ1v) is 7.60. The van der Waals surface area contributed by atoms with Crippen molar-refractivity contribution in [3.05, 3.63) is 64.2 Å². The van der Waals surface area contributed by atoms with Crippen molar-refractivity contribution in [2.75, 3.05) is 5.32 Å². The molecule has 1 aromatic heterocycles. The summed E-state index contributed by atoms with van der Waals surface area (Å²) in [7, 11) is 0. The van der Waals surface area contributed by atoms with Gasteiger partial charge in [0.2, 0.25) is 5.91 Å². The fraction of sp³-hybridized carbons (Fsp3) is 0.167. The summed E-state index contributed by atoms with van der Waals surface area (Å²) in [4.78, 5) is 31.1. The number of hydrogen-bond acceptors (Lipinski definition) is 4. The zero-order valence-electron chi connectivity index (χ0n) is 13.2. The molecule has 0 fully saturated rings. The number of H-pyrrole nitrogens is 1. The van der Waals surface area contributed by atoms with Gasteiger partial charge in [0.25, 0.3) is 5.56 Å². The molecule has 0 aliphatic heterocycles. The first kappa shape index (κ1) is 15.7. The Morgan fingerprint density at radius 1 is 1.25 bits per heavy atom. The Labute approximate surface area is 138 Å². The van der Waals surface area contributed by atoms with Gasteiger partial charge in [0, 0.05) is 12.8 Å². The lowest BCUT2D eigenvalue weighted by Crippen LogP contribution is -2.16. The van der Waals surface area contributed by atoms with Crippen molar-refractivity contribution >= 4 is 22.5 Å². The molecule has 0 spiro atoms. The number of carbonyl (C=O) groups is 1. The normalized spacial score (nSPS) is 10.7. The number of hydrogen-bond donors (Lipinski definition) is 3. The van der Waals surface area contributed by atoms with Gasteiger partial charge in [-0.05, 0) is 36.8 Å². The topological polar surface area (TPSA) is 95.1 Å². The van der Waals surface area contributed by atoms with Crippen LogP contribution in [0.1, 0.15) is 17.8 Å². The fourth-order valence-electron chi connectivity index (χ4n) is 2.45. The maximum Gasteiger partial charge on any atom is 0.258 e. The number of phenolic OH excluding ortho intramolecular Hbond substituents is 1. The average molecular weight is 323 g/mol. The number of anilines is 1. The Bertz CT molecular complexity index is 963. The number of aromatic hydroxyl groups is 1. The van der Waals surface area contributed by atoms with Gasteiger partial charge >= 0.3 is 0 Å². The van der Waals surface area contributed by atoms with Crippen LogP contribution in [0.5, 0.6) is 5.75 Å². The molecular formula is C18H17N3O3. The molecule has 0 bridgehead atoms. The van der Waals surface area contributed by atoms with Gasteiger partial charge in [0.15, 0.2) is 0 Å². The van der Waals surface area contributed by atoms with Gasteiger partial charge in [-0.3, -0.25) is 9.59 Å². The van der Waals surface area contributed by atoms with E-state index in [0.717, 1.165) is 5.56 Å². The van der Waals surface area contributed by atoms with E-state index in [1.165, 1.54) is 0 Å². The van der Waals surface area contributed by atoms with Crippen LogP contribution in [0.2, 0.25) is 0 Å². The molecule has 0 aliphatic carbocycles. The van der Waals surface area contributed by atoms with Crippen LogP contribution in [-0.2, 0) is 11.2 Å². The Morgan fingerprint density at radius 2 is 2.04 bits per heavy atom. The summed E-state index contributed by atoms with van der Waals surface area (Å²) >= 11 is 0. The number of rotatable bonds is 4. The van der Waals surface area contributed by atoms with Crippen LogP contribution in [0.4, 0.5) is 5.69 Å². The Morgan fingerprint density at radius 3 is 2.83 bits per heavy atom. The summed E-state index contributed by atoms with van der Waals surface area (Å²) in [6.07, 6.45) is 0.452. The van der Waals surface area contributed by atoms with Gasteiger partial charge in [-0.15, -0.1) is 0 Å². The lowest BCUT2D eigenvalue weighted by Gasteiger charge is -2.08. The van der Waals surface area contributed by atoms with Gasteiger partial charge in [0.1, 0.15) is 11.6 Å². The molecule has 1 heterocycles. The number of aromatic amines is 1. The number of benzene rings is 2. The first-order valence-electron chi connectivity index (χ1n) is 7.60. The number of aryl methyl sites for hydroxylation is 2. The van der Waals surface area contributed by atoms with E-state index in [-0.39, 0.29) is 23.6 Å². The van der Waals surface area contributed by atoms with Gasteiger partial charge in [-0.1, -0.05) is 18.2 Å². The van der Waals surface area contributed by atoms with E-state index in [1.807, 2.05) is 13.0 Å². The quantitative estimate of drug-likeness (QED) is 0.643. The number of amides is 1. The monoisotopic (exact) mass is 323 g/mol. The highest BCUT2D eigenvalue weighted by molar-refractivity contribution is 5.92. The molecule has 6 nitrogen and oxygen atoms in total. The highest BCUT2D eigenvalue weighted by Gasteiger charge is 2.09. The van der Waals surface area contributed by atoms with Crippen molar-refractivity contribution in [3.8, 4) is 5.75 Å². The smallest absolute Gasteiger partial charge is 0.258 e. The number of fused-ring (bicyclic) bond motifs is 1. The molecule has 0 saturated carbocycles. The summed E-state index contributed by atoms with van der Waals surface area (Å²) < 4.78 is 0. The van der Waals surface area contributed by atoms with E-state index >= 15 is 0 Å². The molecule has 0 saturated heterocycles. The predicted molar refractivity (Wildman–Crippen MR) is 92.2 cm³/mol. The number of carbonyl (C=O) groups excluding carboxylic acids is 1. The van der Waals surface area contributed by atoms with Crippen molar-refractivity contribution in [2.24, 2.45) is 0 Å². The lowest BCUT2D eigenvalue weighted by molar-refractivity contribution is -0.116. The molecule has 0 aliphatic rings. The molecule has 122 valence electrons. The van der Waals surface area contributed by atoms with E-state index in [4.69, 9.17) is 0 Å². The summed E-state index contributed by atoms with van der Waals surface area (Å²) in [5.74, 6) is 0.229. The molecule has 0 radical (unpaired) electrons. The van der Waals surface area contributed by atoms with Crippen molar-refractivity contribution in [2.45, 2.75) is 19.8 Å². The minimum atomic E-state index is -0.259. The fourth-order valence-corrected chi connectivity index (χ4v) is 2.45. The molecule has 24 heavy (non-hydrogen) atoms. The molecule has 0 atom stereocenters. The maximum absolute atomic E-state index is 12.0. The molecule has 1 amide bonds. The molecule has 2 aromatic carbocycles. The number of para-hydroxylation sites is 1. The van der Waals surface area contributed by atoms with Gasteiger partial charge in [0.05, 0.1) is 16.6 Å². The van der Waals surface area contributed by atoms with Crippen LogP contribution in [0, 0.1) is 6.92 Å². The van der Waals surface area contributed by atoms with Crippen LogP contribution in [0.25, 0.3) is 10.9 Å². The molecule has 0 unspecified atom stereocenters. The summed E-state index contributed by atoms with van der Waals surface area (Å²) in [5.41, 5.74) is 1.66. The summed E-state index contributed by atoms with van der Waals surface area (Å²) in [6.45, 7) is 1.85. The third kappa shape index (κ3) is 3.43. The van der Waals surface area contributed by atoms with Crippen molar-refractivity contribution in [3.63, 3.8) is 0 Å². The SMILES string of the molecule is Cc1ccc(NC(=O)CCc2nc3ccccc3c(=O)[nH]2)c(O)c1. The number of nitrogens with one attached hydrogen (secondary N) is 2. The Kier molecular flexibility index (Phi) is 4.29. The molecule has 3 N–H and O–H groups in total. The highest BCUT2D eigenvalue weighted by atomic mass is 16.3. The van der Waals surface area contributed by atoms with E-state index in [9.17, 15) is 14.7 Å². The maximum atomic E-state index is 12.0. The predicted octanol–water partition coefficient (Wildman–Crippen LogP) is 2.51. The third-order valence-corrected chi connectivity index (χ3v) is 3.68. The molecule has 3 rings (SSSR count). The minimum absolute atomic E-state index is 0.0283. The average Bonchev–Trinajstić information content (AvgIpc) is 2.56. The summed E-state index contributed by atoms with van der Waals surface area (Å²) in [5, 5.41) is 13.0. The first-order chi connectivity index (χ1) is 11.5. The van der Waals surface area contributed by atoms with Crippen molar-refractivity contribution in [1.82, 2.24) is 9.97 Å². The van der Waals surface area contributed by atoms with E-state index < -0.39 is 0 Å². The van der Waals surface area contributed by atoms with E-state index in [0.29, 0.717) is 28.8 Å². The zero-order valence-corrected chi connectivity index (χ0v) is 13.2. The summed E-state index contributed by atoms with van der Waals surface area (Å²) in [6, 6.07) is 12.1. The van der Waals surface area contributed by atoms with Crippen LogP contribution in [-0.4, -0.2) is 21.0 Å². The number of aromatic nitrogens is 2. The van der Waals surface area contributed by atoms with Crippen molar-refractivity contribution in [1.29, 1.82) is 0 Å². The van der Waals surface area contributed by atoms with Crippen molar-refractivity contribution < 1.29 is 9.90 Å². The Balaban J connectivity index is 1.69. The van der Waals surface area contributed by atoms with Crippen LogP contribution >= 0.6 is 0 Å². The van der Waals surface area contributed by atoms with Gasteiger partial charge < -0.3 is 15.4 Å². The second-order valence-electron chi connectivity index (χ2n) is 5.60. The van der Waals surface area contributed by atoms with Gasteiger partial charge in [-0.2, -0.15) is 0 Å². The van der Waals surface area contributed by atoms with Crippen LogP contribution in [0.15, 0.2) is 47.3 Å².